The number of ether oxygens (including phenoxy) is 1. The van der Waals surface area contributed by atoms with Crippen LogP contribution in [0.5, 0.6) is 5.75 Å². The SMILES string of the molecule is CCNC(=NCc1ccc(O)cc1)NC1CCN(CC2CCOC2)CC1.I. The lowest BCUT2D eigenvalue weighted by atomic mass is 10.0. The molecule has 0 aliphatic carbocycles. The van der Waals surface area contributed by atoms with Crippen molar-refractivity contribution in [1.82, 2.24) is 15.5 Å². The number of aromatic hydroxyl groups is 1. The Bertz CT molecular complexity index is 568. The molecule has 2 aliphatic rings. The standard InChI is InChI=1S/C20H32N4O2.HI/c1-2-21-20(22-13-16-3-5-19(25)6-4-16)23-18-7-10-24(11-8-18)14-17-9-12-26-15-17;/h3-6,17-18,25H,2,7-15H2,1H3,(H2,21,22,23);1H. The second-order valence-corrected chi connectivity index (χ2v) is 7.31. The molecule has 2 heterocycles. The molecule has 7 heteroatoms. The fourth-order valence-electron chi connectivity index (χ4n) is 3.64. The minimum Gasteiger partial charge on any atom is -0.508 e. The number of piperidine rings is 1. The third-order valence-corrected chi connectivity index (χ3v) is 5.17. The zero-order valence-electron chi connectivity index (χ0n) is 16.2. The normalized spacial score (nSPS) is 21.7. The number of phenols is 1. The zero-order valence-corrected chi connectivity index (χ0v) is 18.5. The largest absolute Gasteiger partial charge is 0.508 e. The van der Waals surface area contributed by atoms with E-state index in [0.29, 0.717) is 18.3 Å². The molecule has 3 N–H and O–H groups in total. The Morgan fingerprint density at radius 2 is 1.96 bits per heavy atom. The van der Waals surface area contributed by atoms with E-state index >= 15 is 0 Å². The molecule has 2 saturated heterocycles. The van der Waals surface area contributed by atoms with E-state index in [-0.39, 0.29) is 24.0 Å². The van der Waals surface area contributed by atoms with Crippen LogP contribution in [-0.2, 0) is 11.3 Å². The molecular weight excluding hydrogens is 455 g/mol. The molecular formula is C20H33IN4O2. The van der Waals surface area contributed by atoms with Gasteiger partial charge in [-0.15, -0.1) is 24.0 Å². The molecule has 2 fully saturated rings. The van der Waals surface area contributed by atoms with E-state index in [1.807, 2.05) is 12.1 Å². The molecule has 2 aliphatic heterocycles. The van der Waals surface area contributed by atoms with Gasteiger partial charge < -0.3 is 25.4 Å². The van der Waals surface area contributed by atoms with Crippen LogP contribution in [0.2, 0.25) is 0 Å². The van der Waals surface area contributed by atoms with Crippen molar-refractivity contribution in [2.75, 3.05) is 39.4 Å². The van der Waals surface area contributed by atoms with Gasteiger partial charge in [0, 0.05) is 38.8 Å². The summed E-state index contributed by atoms with van der Waals surface area (Å²) in [6.45, 7) is 8.89. The average Bonchev–Trinajstić information content (AvgIpc) is 3.16. The van der Waals surface area contributed by atoms with Crippen molar-refractivity contribution in [3.05, 3.63) is 29.8 Å². The van der Waals surface area contributed by atoms with Gasteiger partial charge in [-0.1, -0.05) is 12.1 Å². The first-order chi connectivity index (χ1) is 12.7. The summed E-state index contributed by atoms with van der Waals surface area (Å²) in [5, 5.41) is 16.3. The van der Waals surface area contributed by atoms with Crippen LogP contribution >= 0.6 is 24.0 Å². The number of hydrogen-bond donors (Lipinski definition) is 3. The van der Waals surface area contributed by atoms with E-state index in [2.05, 4.69) is 22.5 Å². The zero-order chi connectivity index (χ0) is 18.2. The number of nitrogens with one attached hydrogen (secondary N) is 2. The minimum absolute atomic E-state index is 0. The molecule has 1 aromatic carbocycles. The van der Waals surface area contributed by atoms with Crippen LogP contribution in [0, 0.1) is 5.92 Å². The smallest absolute Gasteiger partial charge is 0.191 e. The maximum absolute atomic E-state index is 9.37. The van der Waals surface area contributed by atoms with Gasteiger partial charge in [0.2, 0.25) is 0 Å². The van der Waals surface area contributed by atoms with Crippen molar-refractivity contribution in [2.24, 2.45) is 10.9 Å². The number of phenolic OH excluding ortho intramolecular Hbond substituents is 1. The van der Waals surface area contributed by atoms with Gasteiger partial charge in [-0.3, -0.25) is 0 Å². The third kappa shape index (κ3) is 7.46. The fourth-order valence-corrected chi connectivity index (χ4v) is 3.64. The average molecular weight is 488 g/mol. The Balaban J connectivity index is 0.00000261. The van der Waals surface area contributed by atoms with Gasteiger partial charge in [-0.25, -0.2) is 4.99 Å². The van der Waals surface area contributed by atoms with E-state index in [1.165, 1.54) is 13.0 Å². The molecule has 6 nitrogen and oxygen atoms in total. The summed E-state index contributed by atoms with van der Waals surface area (Å²) < 4.78 is 5.49. The van der Waals surface area contributed by atoms with E-state index < -0.39 is 0 Å². The summed E-state index contributed by atoms with van der Waals surface area (Å²) >= 11 is 0. The lowest BCUT2D eigenvalue weighted by Crippen LogP contribution is -2.49. The highest BCUT2D eigenvalue weighted by atomic mass is 127. The highest BCUT2D eigenvalue weighted by molar-refractivity contribution is 14.0. The van der Waals surface area contributed by atoms with E-state index in [0.717, 1.165) is 63.1 Å². The number of benzene rings is 1. The van der Waals surface area contributed by atoms with Gasteiger partial charge in [-0.2, -0.15) is 0 Å². The van der Waals surface area contributed by atoms with Gasteiger partial charge in [-0.05, 0) is 49.8 Å². The van der Waals surface area contributed by atoms with Crippen LogP contribution in [0.4, 0.5) is 0 Å². The topological polar surface area (TPSA) is 69.1 Å². The maximum Gasteiger partial charge on any atom is 0.191 e. The van der Waals surface area contributed by atoms with Crippen molar-refractivity contribution in [3.63, 3.8) is 0 Å². The number of nitrogens with zero attached hydrogens (tertiary/aromatic N) is 2. The van der Waals surface area contributed by atoms with E-state index in [1.54, 1.807) is 12.1 Å². The highest BCUT2D eigenvalue weighted by Crippen LogP contribution is 2.17. The van der Waals surface area contributed by atoms with Crippen LogP contribution in [0.1, 0.15) is 31.7 Å². The van der Waals surface area contributed by atoms with E-state index in [9.17, 15) is 5.11 Å². The summed E-state index contributed by atoms with van der Waals surface area (Å²) in [5.41, 5.74) is 1.09. The molecule has 1 atom stereocenters. The van der Waals surface area contributed by atoms with E-state index in [4.69, 9.17) is 9.73 Å². The molecule has 1 unspecified atom stereocenters. The summed E-state index contributed by atoms with van der Waals surface area (Å²) in [4.78, 5) is 7.27. The predicted molar refractivity (Wildman–Crippen MR) is 120 cm³/mol. The number of aliphatic imine (C=N–C) groups is 1. The maximum atomic E-state index is 9.37. The second kappa shape index (κ2) is 11.7. The van der Waals surface area contributed by atoms with Gasteiger partial charge in [0.25, 0.3) is 0 Å². The van der Waals surface area contributed by atoms with Crippen LogP contribution < -0.4 is 10.6 Å². The first kappa shape index (κ1) is 22.2. The van der Waals surface area contributed by atoms with Crippen LogP contribution in [0.15, 0.2) is 29.3 Å². The summed E-state index contributed by atoms with van der Waals surface area (Å²) in [6.07, 6.45) is 3.51. The Kier molecular flexibility index (Phi) is 9.64. The molecule has 0 amide bonds. The number of rotatable bonds is 6. The predicted octanol–water partition coefficient (Wildman–Crippen LogP) is 2.57. The van der Waals surface area contributed by atoms with Gasteiger partial charge in [0.15, 0.2) is 5.96 Å². The molecule has 0 spiro atoms. The number of guanidine groups is 1. The molecule has 1 aromatic rings. The second-order valence-electron chi connectivity index (χ2n) is 7.31. The monoisotopic (exact) mass is 488 g/mol. The first-order valence-electron chi connectivity index (χ1n) is 9.85. The van der Waals surface area contributed by atoms with Crippen molar-refractivity contribution >= 4 is 29.9 Å². The summed E-state index contributed by atoms with van der Waals surface area (Å²) in [5.74, 6) is 1.89. The fraction of sp³-hybridized carbons (Fsp3) is 0.650. The van der Waals surface area contributed by atoms with Crippen molar-refractivity contribution < 1.29 is 9.84 Å². The number of likely N-dealkylation sites (tertiary alicyclic amines) is 1. The van der Waals surface area contributed by atoms with Crippen molar-refractivity contribution in [3.8, 4) is 5.75 Å². The minimum atomic E-state index is 0. The van der Waals surface area contributed by atoms with Gasteiger partial charge in [0.1, 0.15) is 5.75 Å². The van der Waals surface area contributed by atoms with Crippen LogP contribution in [-0.4, -0.2) is 61.4 Å². The molecule has 0 saturated carbocycles. The molecule has 0 aromatic heterocycles. The van der Waals surface area contributed by atoms with Crippen molar-refractivity contribution in [1.29, 1.82) is 0 Å². The Morgan fingerprint density at radius 3 is 2.59 bits per heavy atom. The molecule has 0 bridgehead atoms. The molecule has 3 rings (SSSR count). The van der Waals surface area contributed by atoms with Gasteiger partial charge >= 0.3 is 0 Å². The number of halogens is 1. The van der Waals surface area contributed by atoms with Crippen molar-refractivity contribution in [2.45, 2.75) is 38.8 Å². The Labute approximate surface area is 179 Å². The third-order valence-electron chi connectivity index (χ3n) is 5.17. The Morgan fingerprint density at radius 1 is 1.22 bits per heavy atom. The van der Waals surface area contributed by atoms with Crippen LogP contribution in [0.25, 0.3) is 0 Å². The van der Waals surface area contributed by atoms with Gasteiger partial charge in [0.05, 0.1) is 13.2 Å². The summed E-state index contributed by atoms with van der Waals surface area (Å²) in [7, 11) is 0. The molecule has 27 heavy (non-hydrogen) atoms. The quantitative estimate of drug-likeness (QED) is 0.326. The Hall–Kier alpha value is -1.06. The lowest BCUT2D eigenvalue weighted by molar-refractivity contribution is 0.150. The molecule has 0 radical (unpaired) electrons. The first-order valence-corrected chi connectivity index (χ1v) is 9.85. The molecule has 152 valence electrons. The number of hydrogen-bond acceptors (Lipinski definition) is 4. The summed E-state index contributed by atoms with van der Waals surface area (Å²) in [6, 6.07) is 7.71. The van der Waals surface area contributed by atoms with Crippen LogP contribution in [0.3, 0.4) is 0 Å². The highest BCUT2D eigenvalue weighted by Gasteiger charge is 2.24. The lowest BCUT2D eigenvalue weighted by Gasteiger charge is -2.34.